The lowest BCUT2D eigenvalue weighted by Gasteiger charge is -2.36. The molecule has 0 aliphatic carbocycles. The summed E-state index contributed by atoms with van der Waals surface area (Å²) in [5, 5.41) is 8.91. The zero-order valence-corrected chi connectivity index (χ0v) is 18.2. The Kier molecular flexibility index (Phi) is 7.36. The Morgan fingerprint density at radius 1 is 1.13 bits per heavy atom. The van der Waals surface area contributed by atoms with Gasteiger partial charge >= 0.3 is 6.09 Å². The lowest BCUT2D eigenvalue weighted by Crippen LogP contribution is -2.54. The minimum absolute atomic E-state index is 0.121. The number of hydrogen-bond acceptors (Lipinski definition) is 6. The van der Waals surface area contributed by atoms with E-state index < -0.39 is 12.1 Å². The molecule has 3 rings (SSSR count). The summed E-state index contributed by atoms with van der Waals surface area (Å²) >= 11 is 0. The van der Waals surface area contributed by atoms with Crippen LogP contribution in [0, 0.1) is 0 Å². The summed E-state index contributed by atoms with van der Waals surface area (Å²) in [5.41, 5.74) is 2.80. The van der Waals surface area contributed by atoms with Crippen LogP contribution in [-0.2, 0) is 22.6 Å². The predicted octanol–water partition coefficient (Wildman–Crippen LogP) is 2.32. The van der Waals surface area contributed by atoms with E-state index in [-0.39, 0.29) is 24.6 Å². The van der Waals surface area contributed by atoms with E-state index in [1.54, 1.807) is 21.3 Å². The maximum Gasteiger partial charge on any atom is 0.407 e. The summed E-state index contributed by atoms with van der Waals surface area (Å²) in [7, 11) is 4.75. The summed E-state index contributed by atoms with van der Waals surface area (Å²) in [6, 6.07) is 12.1. The van der Waals surface area contributed by atoms with Gasteiger partial charge in [-0.15, -0.1) is 0 Å². The van der Waals surface area contributed by atoms with Crippen LogP contribution < -0.4 is 25.4 Å². The summed E-state index contributed by atoms with van der Waals surface area (Å²) < 4.78 is 16.2. The molecular formula is C23H29N3O5. The number of alkyl carbamates (subject to hydrolysis) is 1. The van der Waals surface area contributed by atoms with E-state index in [1.807, 2.05) is 49.4 Å². The Balaban J connectivity index is 1.79. The Bertz CT molecular complexity index is 919. The average molecular weight is 428 g/mol. The van der Waals surface area contributed by atoms with Crippen molar-refractivity contribution in [3.8, 4) is 11.5 Å². The molecular weight excluding hydrogens is 398 g/mol. The van der Waals surface area contributed by atoms with Crippen molar-refractivity contribution in [1.82, 2.24) is 16.0 Å². The predicted molar refractivity (Wildman–Crippen MR) is 116 cm³/mol. The third kappa shape index (κ3) is 5.27. The molecule has 0 saturated heterocycles. The number of nitrogens with one attached hydrogen (secondary N) is 3. The summed E-state index contributed by atoms with van der Waals surface area (Å²) in [5.74, 6) is 1.06. The fourth-order valence-corrected chi connectivity index (χ4v) is 3.78. The molecule has 1 aliphatic heterocycles. The molecule has 8 nitrogen and oxygen atoms in total. The van der Waals surface area contributed by atoms with Crippen molar-refractivity contribution in [2.75, 3.05) is 21.3 Å². The molecule has 0 fully saturated rings. The van der Waals surface area contributed by atoms with Gasteiger partial charge < -0.3 is 24.8 Å². The van der Waals surface area contributed by atoms with E-state index in [2.05, 4.69) is 16.0 Å². The standard InChI is InChI=1S/C23H29N3O5/c1-14(25-23(28)31-13-15-8-6-5-7-9-15)21-17-12-20(30-4)19(29-3)11-16(17)10-18(26-21)22(27)24-2/h5-9,11-12,14,18,21,26H,10,13H2,1-4H3,(H,24,27)(H,25,28)/t14-,18-,21+/m0/s1. The molecule has 166 valence electrons. The Morgan fingerprint density at radius 2 is 1.81 bits per heavy atom. The molecule has 0 aromatic heterocycles. The molecule has 2 aromatic carbocycles. The minimum Gasteiger partial charge on any atom is -0.493 e. The molecule has 3 N–H and O–H groups in total. The Morgan fingerprint density at radius 3 is 2.45 bits per heavy atom. The van der Waals surface area contributed by atoms with Crippen LogP contribution >= 0.6 is 0 Å². The third-order valence-electron chi connectivity index (χ3n) is 5.41. The summed E-state index contributed by atoms with van der Waals surface area (Å²) in [4.78, 5) is 24.8. The second kappa shape index (κ2) is 10.2. The average Bonchev–Trinajstić information content (AvgIpc) is 2.81. The lowest BCUT2D eigenvalue weighted by atomic mass is 9.86. The maximum absolute atomic E-state index is 12.4. The van der Waals surface area contributed by atoms with Gasteiger partial charge in [0.15, 0.2) is 11.5 Å². The van der Waals surface area contributed by atoms with Gasteiger partial charge in [0.05, 0.1) is 26.3 Å². The molecule has 31 heavy (non-hydrogen) atoms. The highest BCUT2D eigenvalue weighted by Crippen LogP contribution is 2.37. The van der Waals surface area contributed by atoms with Crippen molar-refractivity contribution in [3.63, 3.8) is 0 Å². The van der Waals surface area contributed by atoms with E-state index in [0.29, 0.717) is 17.9 Å². The third-order valence-corrected chi connectivity index (χ3v) is 5.41. The Labute approximate surface area is 182 Å². The molecule has 1 heterocycles. The van der Waals surface area contributed by atoms with Gasteiger partial charge in [0.25, 0.3) is 0 Å². The smallest absolute Gasteiger partial charge is 0.407 e. The second-order valence-corrected chi connectivity index (χ2v) is 7.42. The Hall–Kier alpha value is -3.26. The molecule has 0 saturated carbocycles. The van der Waals surface area contributed by atoms with Gasteiger partial charge in [-0.1, -0.05) is 30.3 Å². The van der Waals surface area contributed by atoms with Gasteiger partial charge in [-0.2, -0.15) is 0 Å². The second-order valence-electron chi connectivity index (χ2n) is 7.42. The first kappa shape index (κ1) is 22.4. The van der Waals surface area contributed by atoms with Gasteiger partial charge in [-0.05, 0) is 42.2 Å². The highest BCUT2D eigenvalue weighted by Gasteiger charge is 2.35. The number of hydrogen-bond donors (Lipinski definition) is 3. The number of ether oxygens (including phenoxy) is 3. The maximum atomic E-state index is 12.4. The fraction of sp³-hybridized carbons (Fsp3) is 0.391. The van der Waals surface area contributed by atoms with Crippen LogP contribution in [-0.4, -0.2) is 45.4 Å². The number of methoxy groups -OCH3 is 2. The summed E-state index contributed by atoms with van der Waals surface area (Å²) in [6.45, 7) is 2.05. The van der Waals surface area contributed by atoms with Gasteiger partial charge in [-0.3, -0.25) is 10.1 Å². The molecule has 0 radical (unpaired) electrons. The van der Waals surface area contributed by atoms with Crippen LogP contribution in [0.4, 0.5) is 4.79 Å². The molecule has 0 unspecified atom stereocenters. The highest BCUT2D eigenvalue weighted by molar-refractivity contribution is 5.82. The summed E-state index contributed by atoms with van der Waals surface area (Å²) in [6.07, 6.45) is -0.0286. The van der Waals surface area contributed by atoms with Crippen LogP contribution in [0.25, 0.3) is 0 Å². The molecule has 0 bridgehead atoms. The quantitative estimate of drug-likeness (QED) is 0.627. The minimum atomic E-state index is -0.526. The van der Waals surface area contributed by atoms with Crippen LogP contribution in [0.1, 0.15) is 29.7 Å². The normalized spacial score (nSPS) is 18.3. The van der Waals surface area contributed by atoms with Crippen LogP contribution in [0.15, 0.2) is 42.5 Å². The zero-order chi connectivity index (χ0) is 22.4. The van der Waals surface area contributed by atoms with Crippen molar-refractivity contribution in [1.29, 1.82) is 0 Å². The molecule has 8 heteroatoms. The van der Waals surface area contributed by atoms with Crippen molar-refractivity contribution in [3.05, 3.63) is 59.2 Å². The number of benzene rings is 2. The van der Waals surface area contributed by atoms with E-state index in [1.165, 1.54) is 0 Å². The monoisotopic (exact) mass is 427 g/mol. The number of rotatable bonds is 7. The number of carbonyl (C=O) groups excluding carboxylic acids is 2. The van der Waals surface area contributed by atoms with E-state index in [4.69, 9.17) is 14.2 Å². The van der Waals surface area contributed by atoms with Crippen LogP contribution in [0.2, 0.25) is 0 Å². The largest absolute Gasteiger partial charge is 0.493 e. The van der Waals surface area contributed by atoms with E-state index in [0.717, 1.165) is 16.7 Å². The molecule has 1 aliphatic rings. The number of fused-ring (bicyclic) bond motifs is 1. The van der Waals surface area contributed by atoms with Crippen LogP contribution in [0.5, 0.6) is 11.5 Å². The molecule has 0 spiro atoms. The number of likely N-dealkylation sites (N-methyl/N-ethyl adjacent to an activating group) is 1. The van der Waals surface area contributed by atoms with Crippen molar-refractivity contribution in [2.45, 2.75) is 38.1 Å². The van der Waals surface area contributed by atoms with Gasteiger partial charge in [-0.25, -0.2) is 4.79 Å². The van der Waals surface area contributed by atoms with Gasteiger partial charge in [0.2, 0.25) is 5.91 Å². The molecule has 2 aromatic rings. The van der Waals surface area contributed by atoms with Crippen molar-refractivity contribution in [2.24, 2.45) is 0 Å². The van der Waals surface area contributed by atoms with Crippen molar-refractivity contribution >= 4 is 12.0 Å². The number of carbonyl (C=O) groups is 2. The molecule has 2 amide bonds. The van der Waals surface area contributed by atoms with Gasteiger partial charge in [0, 0.05) is 13.1 Å². The first-order valence-electron chi connectivity index (χ1n) is 10.2. The van der Waals surface area contributed by atoms with Crippen molar-refractivity contribution < 1.29 is 23.8 Å². The number of amides is 2. The first-order chi connectivity index (χ1) is 15.0. The van der Waals surface area contributed by atoms with Crippen LogP contribution in [0.3, 0.4) is 0 Å². The zero-order valence-electron chi connectivity index (χ0n) is 18.2. The topological polar surface area (TPSA) is 97.9 Å². The van der Waals surface area contributed by atoms with Gasteiger partial charge in [0.1, 0.15) is 6.61 Å². The lowest BCUT2D eigenvalue weighted by molar-refractivity contribution is -0.123. The van der Waals surface area contributed by atoms with E-state index in [9.17, 15) is 9.59 Å². The first-order valence-corrected chi connectivity index (χ1v) is 10.2. The molecule has 3 atom stereocenters. The highest BCUT2D eigenvalue weighted by atomic mass is 16.5. The fourth-order valence-electron chi connectivity index (χ4n) is 3.78. The van der Waals surface area contributed by atoms with E-state index >= 15 is 0 Å². The SMILES string of the molecule is CNC(=O)[C@@H]1Cc2cc(OC)c(OC)cc2[C@@H]([C@H](C)NC(=O)OCc2ccccc2)N1.